The van der Waals surface area contributed by atoms with Gasteiger partial charge in [0, 0.05) is 10.1 Å². The lowest BCUT2D eigenvalue weighted by Crippen LogP contribution is -2.30. The third-order valence-electron chi connectivity index (χ3n) is 7.54. The summed E-state index contributed by atoms with van der Waals surface area (Å²) in [7, 11) is -0.767. The van der Waals surface area contributed by atoms with Gasteiger partial charge in [-0.05, 0) is 80.0 Å². The van der Waals surface area contributed by atoms with Crippen molar-refractivity contribution in [1.29, 1.82) is 0 Å². The Labute approximate surface area is 231 Å². The minimum atomic E-state index is -1.22. The van der Waals surface area contributed by atoms with E-state index < -0.39 is 16.4 Å². The fourth-order valence-corrected chi connectivity index (χ4v) is 6.91. The number of carbonyl (C=O) groups excluding carboxylic acids is 1. The molecule has 37 heavy (non-hydrogen) atoms. The quantitative estimate of drug-likeness (QED) is 0.236. The second kappa shape index (κ2) is 16.5. The number of hydrogen-bond donors (Lipinski definition) is 3. The number of thioether (sulfide) groups is 1. The number of amides is 1. The minimum absolute atomic E-state index is 0.328. The minimum Gasteiger partial charge on any atom is -0.393 e. The van der Waals surface area contributed by atoms with E-state index in [0.717, 1.165) is 41.5 Å². The molecular weight excluding hydrogens is 502 g/mol. The monoisotopic (exact) mass is 549 g/mol. The summed E-state index contributed by atoms with van der Waals surface area (Å²) >= 11 is 1.32. The average Bonchev–Trinajstić information content (AvgIpc) is 3.38. The third kappa shape index (κ3) is 10.7. The molecule has 0 saturated heterocycles. The van der Waals surface area contributed by atoms with Crippen LogP contribution in [0.1, 0.15) is 103 Å². The lowest BCUT2D eigenvalue weighted by Gasteiger charge is -2.24. The van der Waals surface area contributed by atoms with Crippen molar-refractivity contribution in [2.75, 3.05) is 6.61 Å². The van der Waals surface area contributed by atoms with Gasteiger partial charge in [0.05, 0.1) is 22.4 Å². The number of allylic oxidation sites excluding steroid dienone is 1. The number of carbonyl (C=O) groups is 1. The van der Waals surface area contributed by atoms with Crippen LogP contribution in [0.25, 0.3) is 0 Å². The summed E-state index contributed by atoms with van der Waals surface area (Å²) in [5.41, 5.74) is 0.857. The van der Waals surface area contributed by atoms with Crippen LogP contribution in [-0.4, -0.2) is 38.3 Å². The number of rotatable bonds is 13. The Morgan fingerprint density at radius 1 is 1.19 bits per heavy atom. The Hall–Kier alpha value is -1.41. The second-order valence-electron chi connectivity index (χ2n) is 10.7. The van der Waals surface area contributed by atoms with E-state index in [0.29, 0.717) is 23.2 Å². The smallest absolute Gasteiger partial charge is 0.211 e. The summed E-state index contributed by atoms with van der Waals surface area (Å²) < 4.78 is 12.3. The number of benzene rings is 1. The Morgan fingerprint density at radius 2 is 1.84 bits per heavy atom. The Kier molecular flexibility index (Phi) is 14.2. The van der Waals surface area contributed by atoms with Crippen LogP contribution in [0.5, 0.6) is 0 Å². The molecular formula is C30H47NO4S2. The van der Waals surface area contributed by atoms with E-state index in [4.69, 9.17) is 5.11 Å². The van der Waals surface area contributed by atoms with E-state index >= 15 is 0 Å². The molecule has 0 aliphatic heterocycles. The molecule has 5 nitrogen and oxygen atoms in total. The molecule has 1 aromatic carbocycles. The molecule has 3 N–H and O–H groups in total. The highest BCUT2D eigenvalue weighted by Gasteiger charge is 2.25. The summed E-state index contributed by atoms with van der Waals surface area (Å²) in [6, 6.07) is 8.64. The lowest BCUT2D eigenvalue weighted by molar-refractivity contribution is -0.108. The maximum atomic E-state index is 12.3. The van der Waals surface area contributed by atoms with Crippen LogP contribution >= 0.6 is 11.8 Å². The van der Waals surface area contributed by atoms with Crippen LogP contribution < -0.4 is 5.32 Å². The Morgan fingerprint density at radius 3 is 2.35 bits per heavy atom. The molecule has 2 unspecified atom stereocenters. The maximum Gasteiger partial charge on any atom is 0.211 e. The van der Waals surface area contributed by atoms with E-state index in [1.54, 1.807) is 19.3 Å². The Balaban J connectivity index is 0.000000265. The van der Waals surface area contributed by atoms with E-state index in [1.165, 1.54) is 55.9 Å². The SMILES string of the molecule is CCC/C=C(\NC=O)S/C=C(\C)C(C)(O)CO.C[C@H](CC1CCCC1)c1ccc(S(=O)C2CCC2)cc1. The second-order valence-corrected chi connectivity index (χ2v) is 13.3. The summed E-state index contributed by atoms with van der Waals surface area (Å²) in [5, 5.41) is 24.2. The summed E-state index contributed by atoms with van der Waals surface area (Å²) in [6.07, 6.45) is 15.0. The summed E-state index contributed by atoms with van der Waals surface area (Å²) in [4.78, 5) is 11.4. The molecule has 7 heteroatoms. The largest absolute Gasteiger partial charge is 0.393 e. The van der Waals surface area contributed by atoms with Crippen LogP contribution in [0.15, 0.2) is 51.2 Å². The van der Waals surface area contributed by atoms with E-state index in [-0.39, 0.29) is 6.61 Å². The van der Waals surface area contributed by atoms with Crippen LogP contribution in [0, 0.1) is 5.92 Å². The Bertz CT molecular complexity index is 901. The highest BCUT2D eigenvalue weighted by atomic mass is 32.2. The average molecular weight is 550 g/mol. The van der Waals surface area contributed by atoms with Crippen molar-refractivity contribution in [2.45, 2.75) is 114 Å². The molecule has 2 aliphatic carbocycles. The first-order valence-electron chi connectivity index (χ1n) is 13.8. The highest BCUT2D eigenvalue weighted by Crippen LogP contribution is 2.34. The first-order valence-corrected chi connectivity index (χ1v) is 15.9. The fraction of sp³-hybridized carbons (Fsp3) is 0.633. The number of hydrogen-bond acceptors (Lipinski definition) is 5. The molecule has 3 atom stereocenters. The van der Waals surface area contributed by atoms with Crippen molar-refractivity contribution in [1.82, 2.24) is 5.32 Å². The number of aliphatic hydroxyl groups excluding tert-OH is 1. The van der Waals surface area contributed by atoms with Crippen molar-refractivity contribution in [3.63, 3.8) is 0 Å². The highest BCUT2D eigenvalue weighted by molar-refractivity contribution is 8.05. The molecule has 2 saturated carbocycles. The van der Waals surface area contributed by atoms with Crippen LogP contribution in [0.4, 0.5) is 0 Å². The number of aliphatic hydroxyl groups is 2. The molecule has 1 amide bonds. The van der Waals surface area contributed by atoms with Gasteiger partial charge in [0.25, 0.3) is 0 Å². The van der Waals surface area contributed by atoms with Gasteiger partial charge in [0.1, 0.15) is 5.60 Å². The zero-order chi connectivity index (χ0) is 27.3. The van der Waals surface area contributed by atoms with E-state index in [2.05, 4.69) is 43.4 Å². The molecule has 0 aromatic heterocycles. The van der Waals surface area contributed by atoms with Gasteiger partial charge in [-0.2, -0.15) is 0 Å². The van der Waals surface area contributed by atoms with Gasteiger partial charge in [0.2, 0.25) is 6.41 Å². The van der Waals surface area contributed by atoms with Crippen molar-refractivity contribution in [3.8, 4) is 0 Å². The first-order chi connectivity index (χ1) is 17.7. The zero-order valence-electron chi connectivity index (χ0n) is 23.1. The van der Waals surface area contributed by atoms with E-state index in [9.17, 15) is 14.1 Å². The maximum absolute atomic E-state index is 12.3. The van der Waals surface area contributed by atoms with Crippen molar-refractivity contribution in [2.24, 2.45) is 5.92 Å². The van der Waals surface area contributed by atoms with E-state index in [1.807, 2.05) is 6.08 Å². The van der Waals surface area contributed by atoms with Gasteiger partial charge < -0.3 is 15.5 Å². The van der Waals surface area contributed by atoms with Crippen LogP contribution in [0.2, 0.25) is 0 Å². The molecule has 3 rings (SSSR count). The number of unbranched alkanes of at least 4 members (excludes halogenated alkanes) is 1. The van der Waals surface area contributed by atoms with Crippen molar-refractivity contribution >= 4 is 29.0 Å². The molecule has 2 fully saturated rings. The lowest BCUT2D eigenvalue weighted by atomic mass is 9.89. The van der Waals surface area contributed by atoms with Gasteiger partial charge in [-0.25, -0.2) is 0 Å². The molecule has 208 valence electrons. The third-order valence-corrected chi connectivity index (χ3v) is 10.4. The van der Waals surface area contributed by atoms with Crippen LogP contribution in [-0.2, 0) is 15.6 Å². The van der Waals surface area contributed by atoms with Gasteiger partial charge in [-0.15, -0.1) is 0 Å². The fourth-order valence-electron chi connectivity index (χ4n) is 4.47. The summed E-state index contributed by atoms with van der Waals surface area (Å²) in [5.74, 6) is 1.58. The van der Waals surface area contributed by atoms with Gasteiger partial charge in [-0.3, -0.25) is 9.00 Å². The van der Waals surface area contributed by atoms with Gasteiger partial charge in [0.15, 0.2) is 0 Å². The van der Waals surface area contributed by atoms with Crippen molar-refractivity contribution < 1.29 is 19.2 Å². The standard InChI is InChI=1S/C18H26OS.C12H21NO3S/c1-14(13-15-5-2-3-6-15)16-9-11-18(12-10-16)20(19)17-7-4-8-17;1-4-5-6-11(13-9-15)17-7-10(2)12(3,16)8-14/h9-12,14-15,17H,2-8,13H2,1H3;6-7,9,14,16H,4-5,8H2,1-3H3,(H,13,15)/b;10-7+,11-6+/t14-,20?;/m1./s1. The molecule has 0 bridgehead atoms. The summed E-state index contributed by atoms with van der Waals surface area (Å²) in [6.45, 7) is 7.35. The molecule has 0 spiro atoms. The van der Waals surface area contributed by atoms with Gasteiger partial charge >= 0.3 is 0 Å². The molecule has 1 aromatic rings. The van der Waals surface area contributed by atoms with Gasteiger partial charge in [-0.1, -0.05) is 82.3 Å². The molecule has 2 aliphatic rings. The normalized spacial score (nSPS) is 20.3. The molecule has 0 heterocycles. The number of nitrogens with one attached hydrogen (secondary N) is 1. The first kappa shape index (κ1) is 31.8. The topological polar surface area (TPSA) is 86.6 Å². The predicted octanol–water partition coefficient (Wildman–Crippen LogP) is 6.78. The zero-order valence-corrected chi connectivity index (χ0v) is 24.7. The van der Waals surface area contributed by atoms with Crippen LogP contribution in [0.3, 0.4) is 0 Å². The molecule has 0 radical (unpaired) electrons. The van der Waals surface area contributed by atoms with Crippen molar-refractivity contribution in [3.05, 3.63) is 51.9 Å². The predicted molar refractivity (Wildman–Crippen MR) is 157 cm³/mol.